The number of piperidine rings is 1. The van der Waals surface area contributed by atoms with Gasteiger partial charge in [0.1, 0.15) is 5.75 Å². The van der Waals surface area contributed by atoms with E-state index in [0.29, 0.717) is 0 Å². The third-order valence-corrected chi connectivity index (χ3v) is 6.63. The number of anilines is 1. The molecule has 0 aromatic heterocycles. The van der Waals surface area contributed by atoms with Crippen LogP contribution in [0.25, 0.3) is 0 Å². The van der Waals surface area contributed by atoms with Gasteiger partial charge in [-0.1, -0.05) is 31.2 Å². The number of fused-ring (bicyclic) bond motifs is 1. The Kier molecular flexibility index (Phi) is 6.61. The highest BCUT2D eigenvalue weighted by Crippen LogP contribution is 2.29. The van der Waals surface area contributed by atoms with Crippen molar-refractivity contribution in [1.82, 2.24) is 5.32 Å². The molecule has 1 saturated heterocycles. The summed E-state index contributed by atoms with van der Waals surface area (Å²) in [5.41, 5.74) is 5.05. The van der Waals surface area contributed by atoms with Crippen molar-refractivity contribution >= 4 is 11.6 Å². The second-order valence-corrected chi connectivity index (χ2v) is 8.94. The van der Waals surface area contributed by atoms with Gasteiger partial charge in [0.15, 0.2) is 6.61 Å². The van der Waals surface area contributed by atoms with Crippen molar-refractivity contribution in [3.8, 4) is 5.75 Å². The first-order valence-corrected chi connectivity index (χ1v) is 11.5. The lowest BCUT2D eigenvalue weighted by molar-refractivity contribution is -0.123. The minimum absolute atomic E-state index is 0.0405. The number of amides is 1. The Hall–Kier alpha value is -2.49. The van der Waals surface area contributed by atoms with E-state index in [2.05, 4.69) is 47.5 Å². The predicted octanol–water partition coefficient (Wildman–Crippen LogP) is 5.06. The summed E-state index contributed by atoms with van der Waals surface area (Å²) in [6, 6.07) is 14.8. The lowest BCUT2D eigenvalue weighted by Gasteiger charge is -2.32. The third kappa shape index (κ3) is 4.97. The molecule has 2 aromatic rings. The van der Waals surface area contributed by atoms with E-state index in [9.17, 15) is 4.79 Å². The van der Waals surface area contributed by atoms with Crippen molar-refractivity contribution in [1.29, 1.82) is 0 Å². The first-order chi connectivity index (χ1) is 14.6. The average Bonchev–Trinajstić information content (AvgIpc) is 2.78. The number of hydrogen-bond donors (Lipinski definition) is 1. The highest BCUT2D eigenvalue weighted by atomic mass is 16.5. The lowest BCUT2D eigenvalue weighted by atomic mass is 9.91. The van der Waals surface area contributed by atoms with E-state index in [1.54, 1.807) is 0 Å². The Balaban J connectivity index is 1.29. The van der Waals surface area contributed by atoms with Gasteiger partial charge in [-0.05, 0) is 86.3 Å². The Morgan fingerprint density at radius 1 is 1.10 bits per heavy atom. The van der Waals surface area contributed by atoms with Crippen LogP contribution in [0, 0.1) is 5.92 Å². The van der Waals surface area contributed by atoms with E-state index in [0.717, 1.165) is 43.2 Å². The molecule has 0 bridgehead atoms. The van der Waals surface area contributed by atoms with Crippen LogP contribution in [0.2, 0.25) is 0 Å². The van der Waals surface area contributed by atoms with E-state index < -0.39 is 0 Å². The molecule has 1 fully saturated rings. The van der Waals surface area contributed by atoms with Gasteiger partial charge in [-0.25, -0.2) is 0 Å². The monoisotopic (exact) mass is 406 g/mol. The van der Waals surface area contributed by atoms with Crippen molar-refractivity contribution in [3.05, 3.63) is 59.2 Å². The van der Waals surface area contributed by atoms with Gasteiger partial charge < -0.3 is 15.0 Å². The summed E-state index contributed by atoms with van der Waals surface area (Å²) < 4.78 is 5.89. The van der Waals surface area contributed by atoms with Gasteiger partial charge in [0, 0.05) is 18.8 Å². The zero-order valence-corrected chi connectivity index (χ0v) is 18.3. The number of carbonyl (C=O) groups excluding carboxylic acids is 1. The summed E-state index contributed by atoms with van der Waals surface area (Å²) in [6.07, 6.45) is 7.12. The molecule has 2 aliphatic rings. The number of benzene rings is 2. The molecule has 4 nitrogen and oxygen atoms in total. The fourth-order valence-corrected chi connectivity index (χ4v) is 4.63. The van der Waals surface area contributed by atoms with Crippen molar-refractivity contribution in [3.63, 3.8) is 0 Å². The van der Waals surface area contributed by atoms with Gasteiger partial charge in [-0.3, -0.25) is 4.79 Å². The molecule has 160 valence electrons. The summed E-state index contributed by atoms with van der Waals surface area (Å²) >= 11 is 0. The molecule has 1 heterocycles. The molecule has 0 saturated carbocycles. The van der Waals surface area contributed by atoms with E-state index in [4.69, 9.17) is 4.74 Å². The summed E-state index contributed by atoms with van der Waals surface area (Å²) in [5, 5.41) is 3.07. The molecule has 0 radical (unpaired) electrons. The van der Waals surface area contributed by atoms with Crippen molar-refractivity contribution in [2.45, 2.75) is 58.4 Å². The van der Waals surface area contributed by atoms with Gasteiger partial charge in [-0.15, -0.1) is 0 Å². The van der Waals surface area contributed by atoms with Gasteiger partial charge in [0.05, 0.1) is 6.04 Å². The van der Waals surface area contributed by atoms with Crippen LogP contribution in [0.4, 0.5) is 5.69 Å². The highest BCUT2D eigenvalue weighted by Gasteiger charge is 2.18. The van der Waals surface area contributed by atoms with E-state index >= 15 is 0 Å². The van der Waals surface area contributed by atoms with Crippen LogP contribution in [0.15, 0.2) is 42.5 Å². The van der Waals surface area contributed by atoms with Gasteiger partial charge in [0.2, 0.25) is 0 Å². The summed E-state index contributed by atoms with van der Waals surface area (Å²) in [5.74, 6) is 1.62. The number of rotatable bonds is 6. The Morgan fingerprint density at radius 3 is 2.60 bits per heavy atom. The largest absolute Gasteiger partial charge is 0.483 e. The molecule has 1 aliphatic carbocycles. The standard InChI is InChI=1S/C26H34N2O2/c1-19-14-16-28(17-15-19)23-12-10-21(11-13-23)20(2)27-26(29)18-30-25-9-5-7-22-6-3-4-8-24(22)25/h5,7,9-13,19-20H,3-4,6,8,14-18H2,1-2H3,(H,27,29)/t20-/m0/s1. The molecule has 4 heteroatoms. The second-order valence-electron chi connectivity index (χ2n) is 8.94. The third-order valence-electron chi connectivity index (χ3n) is 6.63. The molecule has 0 unspecified atom stereocenters. The van der Waals surface area contributed by atoms with Crippen LogP contribution in [0.5, 0.6) is 5.75 Å². The van der Waals surface area contributed by atoms with Crippen molar-refractivity contribution < 1.29 is 9.53 Å². The number of carbonyl (C=O) groups is 1. The van der Waals surface area contributed by atoms with Crippen LogP contribution in [0.3, 0.4) is 0 Å². The molecule has 1 N–H and O–H groups in total. The average molecular weight is 407 g/mol. The smallest absolute Gasteiger partial charge is 0.258 e. The molecule has 30 heavy (non-hydrogen) atoms. The predicted molar refractivity (Wildman–Crippen MR) is 122 cm³/mol. The van der Waals surface area contributed by atoms with Gasteiger partial charge in [-0.2, -0.15) is 0 Å². The van der Waals surface area contributed by atoms with Crippen molar-refractivity contribution in [2.24, 2.45) is 5.92 Å². The molecular weight excluding hydrogens is 372 g/mol. The molecule has 2 aromatic carbocycles. The quantitative estimate of drug-likeness (QED) is 0.729. The molecule has 0 spiro atoms. The summed E-state index contributed by atoms with van der Waals surface area (Å²) in [4.78, 5) is 14.9. The van der Waals surface area contributed by atoms with Crippen molar-refractivity contribution in [2.75, 3.05) is 24.6 Å². The molecule has 4 rings (SSSR count). The van der Waals surface area contributed by atoms with Crippen LogP contribution in [0.1, 0.15) is 62.3 Å². The molecule has 1 atom stereocenters. The Morgan fingerprint density at radius 2 is 1.83 bits per heavy atom. The Labute approximate surface area is 180 Å². The number of nitrogens with one attached hydrogen (secondary N) is 1. The van der Waals surface area contributed by atoms with Crippen LogP contribution in [-0.4, -0.2) is 25.6 Å². The minimum Gasteiger partial charge on any atom is -0.483 e. The maximum Gasteiger partial charge on any atom is 0.258 e. The fourth-order valence-electron chi connectivity index (χ4n) is 4.63. The van der Waals surface area contributed by atoms with E-state index in [1.165, 1.54) is 42.5 Å². The first kappa shape index (κ1) is 20.8. The van der Waals surface area contributed by atoms with Crippen LogP contribution < -0.4 is 15.0 Å². The fraction of sp³-hybridized carbons (Fsp3) is 0.500. The van der Waals surface area contributed by atoms with Gasteiger partial charge in [0.25, 0.3) is 5.91 Å². The van der Waals surface area contributed by atoms with Crippen LogP contribution in [-0.2, 0) is 17.6 Å². The topological polar surface area (TPSA) is 41.6 Å². The normalized spacial score (nSPS) is 17.9. The highest BCUT2D eigenvalue weighted by molar-refractivity contribution is 5.78. The van der Waals surface area contributed by atoms with Crippen LogP contribution >= 0.6 is 0 Å². The number of aryl methyl sites for hydroxylation is 1. The summed E-state index contributed by atoms with van der Waals surface area (Å²) in [6.45, 7) is 6.69. The molecule has 1 aliphatic heterocycles. The zero-order valence-electron chi connectivity index (χ0n) is 18.3. The number of hydrogen-bond acceptors (Lipinski definition) is 3. The minimum atomic E-state index is -0.0787. The van der Waals surface area contributed by atoms with Gasteiger partial charge >= 0.3 is 0 Å². The number of ether oxygens (including phenoxy) is 1. The maximum atomic E-state index is 12.5. The lowest BCUT2D eigenvalue weighted by Crippen LogP contribution is -2.33. The zero-order chi connectivity index (χ0) is 20.9. The first-order valence-electron chi connectivity index (χ1n) is 11.5. The van der Waals surface area contributed by atoms with E-state index in [-0.39, 0.29) is 18.6 Å². The SMILES string of the molecule is CC1CCN(c2ccc([C@H](C)NC(=O)COc3cccc4c3CCCC4)cc2)CC1. The second kappa shape index (κ2) is 9.55. The number of nitrogens with zero attached hydrogens (tertiary/aromatic N) is 1. The molecular formula is C26H34N2O2. The van der Waals surface area contributed by atoms with E-state index in [1.807, 2.05) is 19.1 Å². The Bertz CT molecular complexity index is 854. The summed E-state index contributed by atoms with van der Waals surface area (Å²) in [7, 11) is 0. The maximum absolute atomic E-state index is 12.5. The molecule has 1 amide bonds.